The van der Waals surface area contributed by atoms with Crippen LogP contribution in [0.2, 0.25) is 0 Å². The maximum atomic E-state index is 10.8. The molecular formula is C9H9NO4. The van der Waals surface area contributed by atoms with Crippen LogP contribution in [0.5, 0.6) is 5.88 Å². The molecule has 1 rings (SSSR count). The average molecular weight is 195 g/mol. The van der Waals surface area contributed by atoms with Gasteiger partial charge in [0, 0.05) is 5.92 Å². The van der Waals surface area contributed by atoms with Crippen molar-refractivity contribution in [2.75, 3.05) is 13.7 Å². The fourth-order valence-corrected chi connectivity index (χ4v) is 0.694. The predicted octanol–water partition coefficient (Wildman–Crippen LogP) is 0.598. The molecule has 0 radical (unpaired) electrons. The van der Waals surface area contributed by atoms with Crippen molar-refractivity contribution in [3.63, 3.8) is 0 Å². The molecule has 0 aliphatic rings. The topological polar surface area (TPSA) is 61.6 Å². The Morgan fingerprint density at radius 3 is 3.07 bits per heavy atom. The van der Waals surface area contributed by atoms with Crippen molar-refractivity contribution < 1.29 is 18.8 Å². The second-order valence-electron chi connectivity index (χ2n) is 2.20. The summed E-state index contributed by atoms with van der Waals surface area (Å²) in [7, 11) is 1.46. The molecule has 0 saturated carbocycles. The quantitative estimate of drug-likeness (QED) is 0.510. The zero-order chi connectivity index (χ0) is 10.4. The number of carbonyl (C=O) groups is 1. The fourth-order valence-electron chi connectivity index (χ4n) is 0.694. The van der Waals surface area contributed by atoms with Crippen molar-refractivity contribution in [2.45, 2.75) is 6.92 Å². The molecule has 0 aromatic carbocycles. The van der Waals surface area contributed by atoms with Gasteiger partial charge in [-0.3, -0.25) is 0 Å². The van der Waals surface area contributed by atoms with Crippen LogP contribution < -0.4 is 4.74 Å². The summed E-state index contributed by atoms with van der Waals surface area (Å²) >= 11 is 0. The van der Waals surface area contributed by atoms with E-state index in [4.69, 9.17) is 9.26 Å². The third-order valence-electron chi connectivity index (χ3n) is 1.26. The number of carbonyl (C=O) groups excluding carboxylic acids is 1. The van der Waals surface area contributed by atoms with E-state index in [-0.39, 0.29) is 5.76 Å². The molecule has 1 aromatic heterocycles. The van der Waals surface area contributed by atoms with Crippen LogP contribution in [0, 0.1) is 11.8 Å². The van der Waals surface area contributed by atoms with Crippen molar-refractivity contribution in [1.29, 1.82) is 0 Å². The normalized spacial score (nSPS) is 8.71. The molecule has 0 fully saturated rings. The molecule has 14 heavy (non-hydrogen) atoms. The van der Waals surface area contributed by atoms with Crippen LogP contribution in [0.1, 0.15) is 12.7 Å². The van der Waals surface area contributed by atoms with E-state index in [0.717, 1.165) is 0 Å². The number of esters is 1. The Labute approximate surface area is 81.0 Å². The van der Waals surface area contributed by atoms with Crippen LogP contribution >= 0.6 is 0 Å². The first-order chi connectivity index (χ1) is 6.76. The lowest BCUT2D eigenvalue weighted by molar-refractivity contribution is -0.136. The van der Waals surface area contributed by atoms with E-state index in [1.165, 1.54) is 13.2 Å². The molecule has 0 bridgehead atoms. The SMILES string of the molecule is CCOC(=O)C#Cc1cc(OC)no1. The molecule has 1 heterocycles. The molecule has 5 nitrogen and oxygen atoms in total. The number of hydrogen-bond donors (Lipinski definition) is 0. The highest BCUT2D eigenvalue weighted by molar-refractivity contribution is 5.88. The second-order valence-corrected chi connectivity index (χ2v) is 2.20. The van der Waals surface area contributed by atoms with E-state index in [2.05, 4.69) is 21.7 Å². The molecule has 0 aliphatic carbocycles. The number of rotatable bonds is 2. The first-order valence-corrected chi connectivity index (χ1v) is 3.95. The van der Waals surface area contributed by atoms with Gasteiger partial charge in [0.05, 0.1) is 19.8 Å². The molecule has 0 aliphatic heterocycles. The Morgan fingerprint density at radius 1 is 1.71 bits per heavy atom. The first kappa shape index (κ1) is 10.1. The maximum Gasteiger partial charge on any atom is 0.384 e. The number of nitrogens with zero attached hydrogens (tertiary/aromatic N) is 1. The van der Waals surface area contributed by atoms with E-state index in [0.29, 0.717) is 12.5 Å². The van der Waals surface area contributed by atoms with Gasteiger partial charge in [0.15, 0.2) is 0 Å². The molecule has 0 saturated heterocycles. The highest BCUT2D eigenvalue weighted by atomic mass is 16.5. The minimum Gasteiger partial charge on any atom is -0.479 e. The Hall–Kier alpha value is -1.96. The molecule has 0 atom stereocenters. The summed E-state index contributed by atoms with van der Waals surface area (Å²) in [5, 5.41) is 3.51. The summed E-state index contributed by atoms with van der Waals surface area (Å²) in [5.41, 5.74) is 0. The monoisotopic (exact) mass is 195 g/mol. The predicted molar refractivity (Wildman–Crippen MR) is 46.6 cm³/mol. The second kappa shape index (κ2) is 4.92. The lowest BCUT2D eigenvalue weighted by Gasteiger charge is -1.89. The standard InChI is InChI=1S/C9H9NO4/c1-3-13-9(11)5-4-7-6-8(12-2)10-14-7/h6H,3H2,1-2H3. The largest absolute Gasteiger partial charge is 0.479 e. The van der Waals surface area contributed by atoms with Gasteiger partial charge in [0.2, 0.25) is 5.76 Å². The Bertz CT molecular complexity index is 372. The van der Waals surface area contributed by atoms with Gasteiger partial charge in [0.1, 0.15) is 0 Å². The van der Waals surface area contributed by atoms with E-state index in [1.807, 2.05) is 0 Å². The average Bonchev–Trinajstić information content (AvgIpc) is 2.63. The van der Waals surface area contributed by atoms with Gasteiger partial charge in [-0.2, -0.15) is 0 Å². The molecule has 0 amide bonds. The zero-order valence-electron chi connectivity index (χ0n) is 7.86. The van der Waals surface area contributed by atoms with Gasteiger partial charge in [-0.05, 0) is 18.0 Å². The van der Waals surface area contributed by atoms with E-state index < -0.39 is 5.97 Å². The third-order valence-corrected chi connectivity index (χ3v) is 1.26. The summed E-state index contributed by atoms with van der Waals surface area (Å²) < 4.78 is 14.1. The Morgan fingerprint density at radius 2 is 2.50 bits per heavy atom. The summed E-state index contributed by atoms with van der Waals surface area (Å²) in [6, 6.07) is 1.48. The number of methoxy groups -OCH3 is 1. The minimum absolute atomic E-state index is 0.259. The highest BCUT2D eigenvalue weighted by Crippen LogP contribution is 2.08. The van der Waals surface area contributed by atoms with Crippen molar-refractivity contribution in [2.24, 2.45) is 0 Å². The Balaban J connectivity index is 2.62. The number of aromatic nitrogens is 1. The lowest BCUT2D eigenvalue weighted by Crippen LogP contribution is -1.99. The van der Waals surface area contributed by atoms with Gasteiger partial charge >= 0.3 is 5.97 Å². The maximum absolute atomic E-state index is 10.8. The van der Waals surface area contributed by atoms with Crippen LogP contribution in [0.3, 0.4) is 0 Å². The molecule has 1 aromatic rings. The third kappa shape index (κ3) is 2.83. The first-order valence-electron chi connectivity index (χ1n) is 3.95. The van der Waals surface area contributed by atoms with Crippen molar-refractivity contribution in [1.82, 2.24) is 5.16 Å². The fraction of sp³-hybridized carbons (Fsp3) is 0.333. The van der Waals surface area contributed by atoms with Gasteiger partial charge in [0.25, 0.3) is 5.88 Å². The van der Waals surface area contributed by atoms with Crippen LogP contribution in [-0.4, -0.2) is 24.8 Å². The smallest absolute Gasteiger partial charge is 0.384 e. The van der Waals surface area contributed by atoms with E-state index in [1.54, 1.807) is 6.92 Å². The van der Waals surface area contributed by atoms with Crippen LogP contribution in [0.15, 0.2) is 10.6 Å². The molecule has 74 valence electrons. The van der Waals surface area contributed by atoms with E-state index in [9.17, 15) is 4.79 Å². The van der Waals surface area contributed by atoms with Gasteiger partial charge < -0.3 is 14.0 Å². The van der Waals surface area contributed by atoms with Gasteiger partial charge in [-0.15, -0.1) is 0 Å². The van der Waals surface area contributed by atoms with Crippen molar-refractivity contribution in [3.05, 3.63) is 11.8 Å². The summed E-state index contributed by atoms with van der Waals surface area (Å²) in [4.78, 5) is 10.8. The van der Waals surface area contributed by atoms with Crippen LogP contribution in [-0.2, 0) is 9.53 Å². The molecule has 0 spiro atoms. The molecule has 5 heteroatoms. The zero-order valence-corrected chi connectivity index (χ0v) is 7.86. The molecular weight excluding hydrogens is 186 g/mol. The number of hydrogen-bond acceptors (Lipinski definition) is 5. The molecule has 0 N–H and O–H groups in total. The van der Waals surface area contributed by atoms with Gasteiger partial charge in [-0.25, -0.2) is 4.79 Å². The molecule has 0 unspecified atom stereocenters. The highest BCUT2D eigenvalue weighted by Gasteiger charge is 2.00. The van der Waals surface area contributed by atoms with Crippen molar-refractivity contribution >= 4 is 5.97 Å². The van der Waals surface area contributed by atoms with Gasteiger partial charge in [-0.1, -0.05) is 0 Å². The lowest BCUT2D eigenvalue weighted by atomic mass is 10.4. The van der Waals surface area contributed by atoms with Crippen LogP contribution in [0.4, 0.5) is 0 Å². The van der Waals surface area contributed by atoms with Crippen molar-refractivity contribution in [3.8, 4) is 17.7 Å². The number of ether oxygens (including phenoxy) is 2. The minimum atomic E-state index is -0.595. The Kier molecular flexibility index (Phi) is 3.56. The summed E-state index contributed by atoms with van der Waals surface area (Å²) in [5.74, 6) is 4.67. The summed E-state index contributed by atoms with van der Waals surface area (Å²) in [6.45, 7) is 2.00. The van der Waals surface area contributed by atoms with Crippen LogP contribution in [0.25, 0.3) is 0 Å². The summed E-state index contributed by atoms with van der Waals surface area (Å²) in [6.07, 6.45) is 0. The van der Waals surface area contributed by atoms with E-state index >= 15 is 0 Å².